The molecule has 1 aromatic carbocycles. The zero-order valence-corrected chi connectivity index (χ0v) is 12.5. The highest BCUT2D eigenvalue weighted by molar-refractivity contribution is 7.89. The van der Waals surface area contributed by atoms with Gasteiger partial charge in [0.2, 0.25) is 10.0 Å². The molecule has 0 unspecified atom stereocenters. The summed E-state index contributed by atoms with van der Waals surface area (Å²) in [6.07, 6.45) is 3.16. The molecular formula is C12H15ClN2O4S. The van der Waals surface area contributed by atoms with Crippen molar-refractivity contribution in [2.75, 3.05) is 6.54 Å². The summed E-state index contributed by atoms with van der Waals surface area (Å²) >= 11 is 5.75. The highest BCUT2D eigenvalue weighted by Crippen LogP contribution is 2.30. The summed E-state index contributed by atoms with van der Waals surface area (Å²) in [5.41, 5.74) is -0.0111. The van der Waals surface area contributed by atoms with Crippen LogP contribution in [0.1, 0.15) is 24.8 Å². The van der Waals surface area contributed by atoms with Crippen molar-refractivity contribution in [3.63, 3.8) is 0 Å². The van der Waals surface area contributed by atoms with Gasteiger partial charge < -0.3 is 0 Å². The van der Waals surface area contributed by atoms with Gasteiger partial charge in [-0.15, -0.1) is 0 Å². The molecule has 110 valence electrons. The SMILES string of the molecule is Cc1cc(Cl)c([N+](=O)[O-])cc1S(=O)(=O)NCC1CCC1. The number of aryl methyl sites for hydroxylation is 1. The van der Waals surface area contributed by atoms with Crippen molar-refractivity contribution < 1.29 is 13.3 Å². The predicted molar refractivity (Wildman–Crippen MR) is 75.4 cm³/mol. The second-order valence-electron chi connectivity index (χ2n) is 4.98. The van der Waals surface area contributed by atoms with Gasteiger partial charge in [0, 0.05) is 12.6 Å². The molecule has 1 N–H and O–H groups in total. The Hall–Kier alpha value is -1.18. The van der Waals surface area contributed by atoms with Gasteiger partial charge in [-0.2, -0.15) is 0 Å². The minimum absolute atomic E-state index is 0.0644. The number of nitrogens with zero attached hydrogens (tertiary/aromatic N) is 1. The third-order valence-electron chi connectivity index (χ3n) is 3.52. The Balaban J connectivity index is 2.29. The summed E-state index contributed by atoms with van der Waals surface area (Å²) in [4.78, 5) is 10.1. The normalized spacial score (nSPS) is 15.9. The van der Waals surface area contributed by atoms with Gasteiger partial charge in [-0.25, -0.2) is 13.1 Å². The summed E-state index contributed by atoms with van der Waals surface area (Å²) in [6.45, 7) is 1.94. The molecular weight excluding hydrogens is 304 g/mol. The van der Waals surface area contributed by atoms with E-state index >= 15 is 0 Å². The quantitative estimate of drug-likeness (QED) is 0.667. The Morgan fingerprint density at radius 1 is 1.45 bits per heavy atom. The number of halogens is 1. The first-order valence-electron chi connectivity index (χ1n) is 6.25. The van der Waals surface area contributed by atoms with Crippen LogP contribution in [0.4, 0.5) is 5.69 Å². The van der Waals surface area contributed by atoms with Crippen molar-refractivity contribution in [1.29, 1.82) is 0 Å². The maximum atomic E-state index is 12.2. The van der Waals surface area contributed by atoms with Crippen LogP contribution >= 0.6 is 11.6 Å². The van der Waals surface area contributed by atoms with Crippen LogP contribution in [0.3, 0.4) is 0 Å². The van der Waals surface area contributed by atoms with Gasteiger partial charge in [0.05, 0.1) is 9.82 Å². The van der Waals surface area contributed by atoms with E-state index in [2.05, 4.69) is 4.72 Å². The van der Waals surface area contributed by atoms with Crippen molar-refractivity contribution in [2.24, 2.45) is 5.92 Å². The molecule has 2 rings (SSSR count). The highest BCUT2D eigenvalue weighted by Gasteiger charge is 2.25. The zero-order chi connectivity index (χ0) is 14.9. The monoisotopic (exact) mass is 318 g/mol. The van der Waals surface area contributed by atoms with E-state index in [-0.39, 0.29) is 9.92 Å². The van der Waals surface area contributed by atoms with Crippen molar-refractivity contribution in [3.05, 3.63) is 32.8 Å². The molecule has 8 heteroatoms. The molecule has 0 heterocycles. The van der Waals surface area contributed by atoms with Crippen LogP contribution < -0.4 is 4.72 Å². The fourth-order valence-corrected chi connectivity index (χ4v) is 3.72. The molecule has 6 nitrogen and oxygen atoms in total. The van der Waals surface area contributed by atoms with Crippen molar-refractivity contribution >= 4 is 27.3 Å². The molecule has 0 atom stereocenters. The maximum Gasteiger partial charge on any atom is 0.289 e. The van der Waals surface area contributed by atoms with Crippen LogP contribution in [0.25, 0.3) is 0 Å². The fourth-order valence-electron chi connectivity index (χ4n) is 2.07. The lowest BCUT2D eigenvalue weighted by Crippen LogP contribution is -2.32. The largest absolute Gasteiger partial charge is 0.289 e. The van der Waals surface area contributed by atoms with Gasteiger partial charge in [0.15, 0.2) is 0 Å². The average Bonchev–Trinajstić information content (AvgIpc) is 2.25. The van der Waals surface area contributed by atoms with Gasteiger partial charge in [0.1, 0.15) is 5.02 Å². The molecule has 0 amide bonds. The Kier molecular flexibility index (Phi) is 4.31. The molecule has 1 aliphatic carbocycles. The van der Waals surface area contributed by atoms with Gasteiger partial charge >= 0.3 is 0 Å². The molecule has 0 saturated heterocycles. The van der Waals surface area contributed by atoms with E-state index in [9.17, 15) is 18.5 Å². The minimum atomic E-state index is -3.75. The van der Waals surface area contributed by atoms with Gasteiger partial charge in [0.25, 0.3) is 5.69 Å². The first kappa shape index (κ1) is 15.2. The smallest absolute Gasteiger partial charge is 0.258 e. The number of rotatable bonds is 5. The molecule has 1 saturated carbocycles. The van der Waals surface area contributed by atoms with Crippen LogP contribution in [0.5, 0.6) is 0 Å². The standard InChI is InChI=1S/C12H15ClN2O4S/c1-8-5-10(13)11(15(16)17)6-12(8)20(18,19)14-7-9-3-2-4-9/h5-6,9,14H,2-4,7H2,1H3. The Morgan fingerprint density at radius 3 is 2.60 bits per heavy atom. The minimum Gasteiger partial charge on any atom is -0.258 e. The lowest BCUT2D eigenvalue weighted by atomic mass is 9.86. The third kappa shape index (κ3) is 3.11. The summed E-state index contributed by atoms with van der Waals surface area (Å²) in [7, 11) is -3.75. The summed E-state index contributed by atoms with van der Waals surface area (Å²) in [5.74, 6) is 0.368. The van der Waals surface area contributed by atoms with E-state index in [1.165, 1.54) is 6.07 Å². The number of nitro groups is 1. The summed E-state index contributed by atoms with van der Waals surface area (Å²) < 4.78 is 26.9. The molecule has 1 aliphatic rings. The molecule has 0 aliphatic heterocycles. The molecule has 1 aromatic rings. The number of nitro benzene ring substituents is 1. The highest BCUT2D eigenvalue weighted by atomic mass is 35.5. The van der Waals surface area contributed by atoms with E-state index in [0.29, 0.717) is 18.0 Å². The molecule has 0 bridgehead atoms. The van der Waals surface area contributed by atoms with Crippen molar-refractivity contribution in [1.82, 2.24) is 4.72 Å². The number of hydrogen-bond acceptors (Lipinski definition) is 4. The Labute approximate surface area is 122 Å². The molecule has 0 aromatic heterocycles. The summed E-state index contributed by atoms with van der Waals surface area (Å²) in [5, 5.41) is 10.8. The fraction of sp³-hybridized carbons (Fsp3) is 0.500. The second kappa shape index (κ2) is 5.67. The second-order valence-corrected chi connectivity index (χ2v) is 7.12. The van der Waals surface area contributed by atoms with Gasteiger partial charge in [-0.3, -0.25) is 10.1 Å². The average molecular weight is 319 g/mol. The molecule has 0 radical (unpaired) electrons. The van der Waals surface area contributed by atoms with Crippen LogP contribution in [-0.2, 0) is 10.0 Å². The van der Waals surface area contributed by atoms with Crippen LogP contribution in [0.15, 0.2) is 17.0 Å². The van der Waals surface area contributed by atoms with Crippen molar-refractivity contribution in [3.8, 4) is 0 Å². The number of benzene rings is 1. The number of sulfonamides is 1. The van der Waals surface area contributed by atoms with Crippen LogP contribution in [0.2, 0.25) is 5.02 Å². The zero-order valence-electron chi connectivity index (χ0n) is 10.9. The van der Waals surface area contributed by atoms with Gasteiger partial charge in [-0.1, -0.05) is 18.0 Å². The first-order valence-corrected chi connectivity index (χ1v) is 8.11. The number of nitrogens with one attached hydrogen (secondary N) is 1. The molecule has 20 heavy (non-hydrogen) atoms. The lowest BCUT2D eigenvalue weighted by molar-refractivity contribution is -0.384. The predicted octanol–water partition coefficient (Wildman–Crippen LogP) is 2.64. The van der Waals surface area contributed by atoms with E-state index in [0.717, 1.165) is 25.3 Å². The summed E-state index contributed by atoms with van der Waals surface area (Å²) in [6, 6.07) is 2.32. The van der Waals surface area contributed by atoms with E-state index in [4.69, 9.17) is 11.6 Å². The molecule has 0 spiro atoms. The number of hydrogen-bond donors (Lipinski definition) is 1. The van der Waals surface area contributed by atoms with Crippen molar-refractivity contribution in [2.45, 2.75) is 31.1 Å². The topological polar surface area (TPSA) is 89.3 Å². The Bertz CT molecular complexity index is 641. The maximum absolute atomic E-state index is 12.2. The third-order valence-corrected chi connectivity index (χ3v) is 5.39. The van der Waals surface area contributed by atoms with Crippen LogP contribution in [0, 0.1) is 23.0 Å². The molecule has 1 fully saturated rings. The van der Waals surface area contributed by atoms with Crippen LogP contribution in [-0.4, -0.2) is 19.9 Å². The lowest BCUT2D eigenvalue weighted by Gasteiger charge is -2.25. The van der Waals surface area contributed by atoms with Gasteiger partial charge in [-0.05, 0) is 37.3 Å². The van der Waals surface area contributed by atoms with E-state index < -0.39 is 20.6 Å². The van der Waals surface area contributed by atoms with E-state index in [1.54, 1.807) is 6.92 Å². The van der Waals surface area contributed by atoms with E-state index in [1.807, 2.05) is 0 Å². The Morgan fingerprint density at radius 2 is 2.10 bits per heavy atom. The first-order chi connectivity index (χ1) is 9.31.